The zero-order valence-corrected chi connectivity index (χ0v) is 13.8. The molecule has 1 aromatic carbocycles. The fraction of sp³-hybridized carbons (Fsp3) is 0.294. The Balaban J connectivity index is 1.55. The van der Waals surface area contributed by atoms with Gasteiger partial charge in [0.1, 0.15) is 12.0 Å². The van der Waals surface area contributed by atoms with Crippen molar-refractivity contribution >= 4 is 33.1 Å². The molecule has 6 nitrogen and oxygen atoms in total. The Morgan fingerprint density at radius 3 is 2.88 bits per heavy atom. The second-order valence-electron chi connectivity index (χ2n) is 5.94. The number of para-hydroxylation sites is 1. The maximum Gasteiger partial charge on any atom is 0.287 e. The van der Waals surface area contributed by atoms with Gasteiger partial charge in [0.05, 0.1) is 20.1 Å². The van der Waals surface area contributed by atoms with Gasteiger partial charge in [-0.15, -0.1) is 11.3 Å². The summed E-state index contributed by atoms with van der Waals surface area (Å²) in [5.41, 5.74) is 1.08. The highest BCUT2D eigenvalue weighted by Crippen LogP contribution is 2.34. The molecule has 1 aliphatic rings. The molecule has 0 bridgehead atoms. The molecule has 0 radical (unpaired) electrons. The van der Waals surface area contributed by atoms with Crippen LogP contribution in [0, 0.1) is 10.1 Å². The van der Waals surface area contributed by atoms with E-state index < -0.39 is 4.92 Å². The second kappa shape index (κ2) is 6.16. The lowest BCUT2D eigenvalue weighted by Crippen LogP contribution is -2.34. The highest BCUT2D eigenvalue weighted by atomic mass is 32.1. The number of nitro groups is 1. The van der Waals surface area contributed by atoms with E-state index in [9.17, 15) is 10.1 Å². The molecule has 2 aromatic heterocycles. The molecule has 1 aliphatic heterocycles. The van der Waals surface area contributed by atoms with Crippen LogP contribution in [0.4, 0.5) is 11.5 Å². The van der Waals surface area contributed by atoms with Crippen LogP contribution < -0.4 is 4.90 Å². The minimum atomic E-state index is -0.420. The number of hydrogen-bond donors (Lipinski definition) is 0. The number of thiazole rings is 1. The summed E-state index contributed by atoms with van der Waals surface area (Å²) < 4.78 is 1.22. The van der Waals surface area contributed by atoms with Gasteiger partial charge in [0.2, 0.25) is 0 Å². The number of piperidine rings is 1. The lowest BCUT2D eigenvalue weighted by atomic mass is 9.99. The molecule has 0 spiro atoms. The van der Waals surface area contributed by atoms with Gasteiger partial charge >= 0.3 is 0 Å². The maximum absolute atomic E-state index is 10.8. The Morgan fingerprint density at radius 2 is 2.12 bits per heavy atom. The van der Waals surface area contributed by atoms with Crippen LogP contribution in [-0.2, 0) is 0 Å². The smallest absolute Gasteiger partial charge is 0.287 e. The predicted octanol–water partition coefficient (Wildman–Crippen LogP) is 3.98. The second-order valence-corrected chi connectivity index (χ2v) is 7.00. The lowest BCUT2D eigenvalue weighted by molar-refractivity contribution is -0.385. The van der Waals surface area contributed by atoms with Crippen LogP contribution in [0.3, 0.4) is 0 Å². The number of nitrogens with zero attached hydrogens (tertiary/aromatic N) is 4. The quantitative estimate of drug-likeness (QED) is 0.532. The number of benzene rings is 1. The summed E-state index contributed by atoms with van der Waals surface area (Å²) in [4.78, 5) is 21.6. The summed E-state index contributed by atoms with van der Waals surface area (Å²) in [7, 11) is 0. The molecule has 0 amide bonds. The molecule has 122 valence electrons. The zero-order valence-electron chi connectivity index (χ0n) is 13.0. The molecule has 4 rings (SSSR count). The fourth-order valence-corrected chi connectivity index (χ4v) is 4.22. The van der Waals surface area contributed by atoms with Crippen LogP contribution in [-0.4, -0.2) is 28.0 Å². The van der Waals surface area contributed by atoms with Gasteiger partial charge in [0.25, 0.3) is 5.69 Å². The average molecular weight is 340 g/mol. The number of pyridine rings is 1. The van der Waals surface area contributed by atoms with Crippen molar-refractivity contribution in [1.29, 1.82) is 0 Å². The Bertz CT molecular complexity index is 845. The molecule has 0 aliphatic carbocycles. The molecule has 0 N–H and O–H groups in total. The molecule has 0 saturated carbocycles. The summed E-state index contributed by atoms with van der Waals surface area (Å²) in [5, 5.41) is 11.9. The molecule has 24 heavy (non-hydrogen) atoms. The fourth-order valence-electron chi connectivity index (χ4n) is 3.12. The van der Waals surface area contributed by atoms with E-state index in [2.05, 4.69) is 16.0 Å². The highest BCUT2D eigenvalue weighted by molar-refractivity contribution is 7.18. The van der Waals surface area contributed by atoms with Crippen LogP contribution in [0.2, 0.25) is 0 Å². The van der Waals surface area contributed by atoms with Crippen LogP contribution in [0.15, 0.2) is 42.6 Å². The van der Waals surface area contributed by atoms with Gasteiger partial charge in [-0.1, -0.05) is 12.1 Å². The third kappa shape index (κ3) is 2.82. The van der Waals surface area contributed by atoms with Gasteiger partial charge in [0, 0.05) is 25.1 Å². The van der Waals surface area contributed by atoms with Gasteiger partial charge in [-0.05, 0) is 31.0 Å². The van der Waals surface area contributed by atoms with E-state index >= 15 is 0 Å². The molecule has 1 atom stereocenters. The number of fused-ring (bicyclic) bond motifs is 1. The Kier molecular flexibility index (Phi) is 3.86. The predicted molar refractivity (Wildman–Crippen MR) is 94.7 cm³/mol. The average Bonchev–Trinajstić information content (AvgIpc) is 3.06. The van der Waals surface area contributed by atoms with Crippen molar-refractivity contribution in [3.05, 3.63) is 57.7 Å². The topological polar surface area (TPSA) is 72.2 Å². The Labute approximate surface area is 142 Å². The van der Waals surface area contributed by atoms with Crippen LogP contribution in [0.5, 0.6) is 0 Å². The first-order chi connectivity index (χ1) is 11.7. The van der Waals surface area contributed by atoms with Crippen molar-refractivity contribution in [1.82, 2.24) is 9.97 Å². The molecule has 1 saturated heterocycles. The largest absolute Gasteiger partial charge is 0.356 e. The Hall–Kier alpha value is -2.54. The van der Waals surface area contributed by atoms with Crippen molar-refractivity contribution in [2.24, 2.45) is 0 Å². The van der Waals surface area contributed by atoms with Crippen molar-refractivity contribution in [3.8, 4) is 0 Å². The third-order valence-electron chi connectivity index (χ3n) is 4.35. The monoisotopic (exact) mass is 340 g/mol. The first-order valence-electron chi connectivity index (χ1n) is 7.91. The van der Waals surface area contributed by atoms with Gasteiger partial charge in [-0.2, -0.15) is 0 Å². The number of aromatic nitrogens is 2. The minimum Gasteiger partial charge on any atom is -0.356 e. The molecule has 7 heteroatoms. The summed E-state index contributed by atoms with van der Waals surface area (Å²) >= 11 is 1.76. The van der Waals surface area contributed by atoms with Crippen molar-refractivity contribution < 1.29 is 4.92 Å². The third-order valence-corrected chi connectivity index (χ3v) is 5.55. The van der Waals surface area contributed by atoms with E-state index in [1.165, 1.54) is 22.0 Å². The van der Waals surface area contributed by atoms with Gasteiger partial charge in [-0.25, -0.2) is 9.97 Å². The van der Waals surface area contributed by atoms with E-state index in [0.717, 1.165) is 37.3 Å². The first kappa shape index (κ1) is 15.0. The van der Waals surface area contributed by atoms with E-state index in [1.54, 1.807) is 17.4 Å². The number of hydrogen-bond acceptors (Lipinski definition) is 6. The highest BCUT2D eigenvalue weighted by Gasteiger charge is 2.25. The van der Waals surface area contributed by atoms with E-state index in [-0.39, 0.29) is 5.69 Å². The minimum absolute atomic E-state index is 0.0264. The first-order valence-corrected chi connectivity index (χ1v) is 8.73. The van der Waals surface area contributed by atoms with Crippen molar-refractivity contribution in [2.75, 3.05) is 18.0 Å². The summed E-state index contributed by atoms with van der Waals surface area (Å²) in [6.07, 6.45) is 3.51. The molecule has 0 unspecified atom stereocenters. The van der Waals surface area contributed by atoms with E-state index in [1.807, 2.05) is 18.2 Å². The van der Waals surface area contributed by atoms with Crippen LogP contribution in [0.25, 0.3) is 10.2 Å². The molecule has 1 fully saturated rings. The lowest BCUT2D eigenvalue weighted by Gasteiger charge is -2.32. The van der Waals surface area contributed by atoms with Crippen LogP contribution >= 0.6 is 11.3 Å². The molecular formula is C17H16N4O2S. The molecular weight excluding hydrogens is 324 g/mol. The number of anilines is 1. The van der Waals surface area contributed by atoms with Gasteiger partial charge in [-0.3, -0.25) is 10.1 Å². The maximum atomic E-state index is 10.8. The van der Waals surface area contributed by atoms with Gasteiger partial charge < -0.3 is 4.90 Å². The SMILES string of the molecule is O=[N+]([O-])c1ccc(N2CCC[C@@H](c3nc4ccccc4s3)C2)nc1. The standard InChI is InChI=1S/C17H16N4O2S/c22-21(23)13-7-8-16(18-10-13)20-9-3-4-12(11-20)17-19-14-5-1-2-6-15(14)24-17/h1-2,5-8,10,12H,3-4,9,11H2/t12-/m1/s1. The molecule has 3 heterocycles. The molecule has 3 aromatic rings. The number of rotatable bonds is 3. The van der Waals surface area contributed by atoms with Gasteiger partial charge in [0.15, 0.2) is 0 Å². The van der Waals surface area contributed by atoms with Crippen LogP contribution in [0.1, 0.15) is 23.8 Å². The summed E-state index contributed by atoms with van der Waals surface area (Å²) in [6.45, 7) is 1.77. The normalized spacial score (nSPS) is 18.0. The van der Waals surface area contributed by atoms with E-state index in [0.29, 0.717) is 5.92 Å². The van der Waals surface area contributed by atoms with E-state index in [4.69, 9.17) is 4.98 Å². The summed E-state index contributed by atoms with van der Waals surface area (Å²) in [6, 6.07) is 11.5. The Morgan fingerprint density at radius 1 is 1.25 bits per heavy atom. The zero-order chi connectivity index (χ0) is 16.5. The van der Waals surface area contributed by atoms with Crippen molar-refractivity contribution in [3.63, 3.8) is 0 Å². The summed E-state index contributed by atoms with van der Waals surface area (Å²) in [5.74, 6) is 1.18. The van der Waals surface area contributed by atoms with Crippen molar-refractivity contribution in [2.45, 2.75) is 18.8 Å².